The van der Waals surface area contributed by atoms with Crippen molar-refractivity contribution in [3.63, 3.8) is 0 Å². The fourth-order valence-electron chi connectivity index (χ4n) is 4.20. The van der Waals surface area contributed by atoms with Crippen molar-refractivity contribution in [1.29, 1.82) is 0 Å². The van der Waals surface area contributed by atoms with Gasteiger partial charge in [0.2, 0.25) is 0 Å². The molecule has 1 unspecified atom stereocenters. The number of para-hydroxylation sites is 1. The van der Waals surface area contributed by atoms with Crippen LogP contribution < -0.4 is 14.8 Å². The normalized spacial score (nSPS) is 18.9. The molecule has 2 aromatic carbocycles. The van der Waals surface area contributed by atoms with Crippen molar-refractivity contribution in [3.05, 3.63) is 71.8 Å². The van der Waals surface area contributed by atoms with Gasteiger partial charge >= 0.3 is 0 Å². The molecular weight excluding hydrogens is 334 g/mol. The maximum Gasteiger partial charge on any atom is 0.165 e. The van der Waals surface area contributed by atoms with E-state index in [1.165, 1.54) is 11.1 Å². The molecule has 0 aromatic heterocycles. The van der Waals surface area contributed by atoms with E-state index in [9.17, 15) is 0 Å². The Morgan fingerprint density at radius 2 is 1.85 bits per heavy atom. The molecule has 4 rings (SSSR count). The van der Waals surface area contributed by atoms with Crippen LogP contribution in [0.4, 0.5) is 0 Å². The number of ether oxygens (including phenoxy) is 2. The minimum atomic E-state index is -0.145. The van der Waals surface area contributed by atoms with Crippen LogP contribution in [-0.4, -0.2) is 18.8 Å². The zero-order valence-electron chi connectivity index (χ0n) is 16.3. The van der Waals surface area contributed by atoms with Gasteiger partial charge in [-0.05, 0) is 44.2 Å². The summed E-state index contributed by atoms with van der Waals surface area (Å²) in [6, 6.07) is 17.3. The highest BCUT2D eigenvalue weighted by molar-refractivity contribution is 5.50. The van der Waals surface area contributed by atoms with Crippen molar-refractivity contribution >= 4 is 0 Å². The van der Waals surface area contributed by atoms with Gasteiger partial charge in [0.05, 0.1) is 0 Å². The van der Waals surface area contributed by atoms with Crippen molar-refractivity contribution in [3.8, 4) is 11.5 Å². The molecule has 27 heavy (non-hydrogen) atoms. The number of allylic oxidation sites excluding steroid dienone is 2. The van der Waals surface area contributed by atoms with E-state index in [-0.39, 0.29) is 5.60 Å². The van der Waals surface area contributed by atoms with Crippen LogP contribution in [0.25, 0.3) is 0 Å². The number of benzene rings is 2. The Morgan fingerprint density at radius 1 is 1.07 bits per heavy atom. The van der Waals surface area contributed by atoms with E-state index < -0.39 is 0 Å². The first-order valence-corrected chi connectivity index (χ1v) is 9.99. The Balaban J connectivity index is 1.36. The molecule has 0 bridgehead atoms. The predicted octanol–water partition coefficient (Wildman–Crippen LogP) is 5.08. The third-order valence-corrected chi connectivity index (χ3v) is 5.45. The summed E-state index contributed by atoms with van der Waals surface area (Å²) < 4.78 is 12.2. The van der Waals surface area contributed by atoms with Gasteiger partial charge in [0.15, 0.2) is 11.5 Å². The molecule has 1 N–H and O–H groups in total. The summed E-state index contributed by atoms with van der Waals surface area (Å²) in [5.41, 5.74) is 2.45. The van der Waals surface area contributed by atoms with Crippen LogP contribution in [0.1, 0.15) is 43.9 Å². The smallest absolute Gasteiger partial charge is 0.165 e. The lowest BCUT2D eigenvalue weighted by Crippen LogP contribution is -2.31. The number of rotatable bonds is 7. The monoisotopic (exact) mass is 363 g/mol. The maximum absolute atomic E-state index is 6.10. The maximum atomic E-state index is 6.10. The molecule has 0 spiro atoms. The van der Waals surface area contributed by atoms with E-state index in [4.69, 9.17) is 9.47 Å². The zero-order chi connectivity index (χ0) is 18.7. The second kappa shape index (κ2) is 7.77. The summed E-state index contributed by atoms with van der Waals surface area (Å²) in [5, 5.41) is 3.73. The van der Waals surface area contributed by atoms with E-state index >= 15 is 0 Å². The molecule has 3 nitrogen and oxygen atoms in total. The van der Waals surface area contributed by atoms with Gasteiger partial charge in [-0.2, -0.15) is 0 Å². The molecule has 1 atom stereocenters. The highest BCUT2D eigenvalue weighted by Gasteiger charge is 2.32. The van der Waals surface area contributed by atoms with E-state index in [2.05, 4.69) is 73.8 Å². The van der Waals surface area contributed by atoms with Gasteiger partial charge in [0, 0.05) is 24.6 Å². The van der Waals surface area contributed by atoms with Crippen molar-refractivity contribution in [2.45, 2.75) is 44.8 Å². The molecule has 1 aliphatic carbocycles. The average Bonchev–Trinajstić information content (AvgIpc) is 3.29. The molecule has 1 heterocycles. The number of fused-ring (bicyclic) bond motifs is 1. The Bertz CT molecular complexity index is 789. The van der Waals surface area contributed by atoms with Crippen molar-refractivity contribution in [2.75, 3.05) is 13.2 Å². The molecule has 1 aliphatic heterocycles. The van der Waals surface area contributed by atoms with Gasteiger partial charge in [0.25, 0.3) is 0 Å². The second-order valence-corrected chi connectivity index (χ2v) is 8.18. The van der Waals surface area contributed by atoms with E-state index in [0.717, 1.165) is 37.3 Å². The van der Waals surface area contributed by atoms with Gasteiger partial charge in [-0.3, -0.25) is 0 Å². The topological polar surface area (TPSA) is 30.5 Å². The van der Waals surface area contributed by atoms with Gasteiger partial charge in [-0.1, -0.05) is 54.6 Å². The minimum absolute atomic E-state index is 0.145. The summed E-state index contributed by atoms with van der Waals surface area (Å²) in [6.07, 6.45) is 7.81. The van der Waals surface area contributed by atoms with Crippen LogP contribution in [-0.2, 0) is 6.42 Å². The quantitative estimate of drug-likeness (QED) is 0.550. The zero-order valence-corrected chi connectivity index (χ0v) is 16.3. The molecule has 142 valence electrons. The van der Waals surface area contributed by atoms with Crippen LogP contribution in [0.3, 0.4) is 0 Å². The van der Waals surface area contributed by atoms with Crippen LogP contribution >= 0.6 is 0 Å². The summed E-state index contributed by atoms with van der Waals surface area (Å²) in [7, 11) is 0. The fourth-order valence-corrected chi connectivity index (χ4v) is 4.20. The standard InChI is InChI=1S/C24H29NO2/c1-24(2)17-20-13-8-14-21(23(20)27-24)26-16-15-25-22(19-11-6-7-12-19)18-9-4-3-5-10-18/h3-10,13-14,19,22,25H,11-12,15-17H2,1-2H3. The molecule has 0 saturated heterocycles. The Morgan fingerprint density at radius 3 is 2.63 bits per heavy atom. The molecule has 2 aliphatic rings. The largest absolute Gasteiger partial charge is 0.488 e. The lowest BCUT2D eigenvalue weighted by molar-refractivity contribution is 0.132. The molecular formula is C24H29NO2. The molecule has 0 fully saturated rings. The summed E-state index contributed by atoms with van der Waals surface area (Å²) in [4.78, 5) is 0. The molecule has 0 amide bonds. The lowest BCUT2D eigenvalue weighted by atomic mass is 9.91. The van der Waals surface area contributed by atoms with Gasteiger partial charge in [-0.15, -0.1) is 0 Å². The van der Waals surface area contributed by atoms with Crippen LogP contribution in [0.15, 0.2) is 60.7 Å². The SMILES string of the molecule is CC1(C)Cc2cccc(OCCNC(c3ccccc3)C3CC=CC3)c2O1. The number of nitrogens with one attached hydrogen (secondary N) is 1. The van der Waals surface area contributed by atoms with Crippen LogP contribution in [0.5, 0.6) is 11.5 Å². The number of hydrogen-bond acceptors (Lipinski definition) is 3. The number of hydrogen-bond donors (Lipinski definition) is 1. The van der Waals surface area contributed by atoms with Crippen LogP contribution in [0, 0.1) is 5.92 Å². The van der Waals surface area contributed by atoms with Crippen molar-refractivity contribution in [2.24, 2.45) is 5.92 Å². The summed E-state index contributed by atoms with van der Waals surface area (Å²) in [5.74, 6) is 2.40. The van der Waals surface area contributed by atoms with Gasteiger partial charge < -0.3 is 14.8 Å². The molecule has 0 radical (unpaired) electrons. The predicted molar refractivity (Wildman–Crippen MR) is 109 cm³/mol. The highest BCUT2D eigenvalue weighted by atomic mass is 16.5. The van der Waals surface area contributed by atoms with E-state index in [1.54, 1.807) is 0 Å². The van der Waals surface area contributed by atoms with Crippen molar-refractivity contribution in [1.82, 2.24) is 5.32 Å². The first-order chi connectivity index (χ1) is 13.1. The van der Waals surface area contributed by atoms with Crippen molar-refractivity contribution < 1.29 is 9.47 Å². The van der Waals surface area contributed by atoms with E-state index in [0.29, 0.717) is 18.6 Å². The third kappa shape index (κ3) is 4.19. The van der Waals surface area contributed by atoms with Crippen LogP contribution in [0.2, 0.25) is 0 Å². The molecule has 3 heteroatoms. The minimum Gasteiger partial charge on any atom is -0.488 e. The molecule has 2 aromatic rings. The van der Waals surface area contributed by atoms with Gasteiger partial charge in [-0.25, -0.2) is 0 Å². The lowest BCUT2D eigenvalue weighted by Gasteiger charge is -2.25. The Kier molecular flexibility index (Phi) is 5.22. The Labute approximate surface area is 162 Å². The first kappa shape index (κ1) is 18.1. The first-order valence-electron chi connectivity index (χ1n) is 9.99. The second-order valence-electron chi connectivity index (χ2n) is 8.18. The third-order valence-electron chi connectivity index (χ3n) is 5.45. The summed E-state index contributed by atoms with van der Waals surface area (Å²) >= 11 is 0. The summed E-state index contributed by atoms with van der Waals surface area (Å²) in [6.45, 7) is 5.68. The fraction of sp³-hybridized carbons (Fsp3) is 0.417. The van der Waals surface area contributed by atoms with E-state index in [1.807, 2.05) is 6.07 Å². The molecule has 0 saturated carbocycles. The van der Waals surface area contributed by atoms with Gasteiger partial charge in [0.1, 0.15) is 12.2 Å². The highest BCUT2D eigenvalue weighted by Crippen LogP contribution is 2.41. The average molecular weight is 364 g/mol. The Hall–Kier alpha value is -2.26.